The summed E-state index contributed by atoms with van der Waals surface area (Å²) >= 11 is 0. The molecule has 0 bridgehead atoms. The molecule has 0 atom stereocenters. The van der Waals surface area contributed by atoms with Gasteiger partial charge in [-0.3, -0.25) is 9.59 Å². The van der Waals surface area contributed by atoms with Crippen LogP contribution in [0.1, 0.15) is 25.3 Å². The minimum atomic E-state index is -0.262. The van der Waals surface area contributed by atoms with Crippen LogP contribution in [0.2, 0.25) is 0 Å². The minimum absolute atomic E-state index is 0.111. The van der Waals surface area contributed by atoms with Crippen molar-refractivity contribution in [2.45, 2.75) is 32.7 Å². The van der Waals surface area contributed by atoms with Gasteiger partial charge in [-0.15, -0.1) is 0 Å². The number of carbonyl (C=O) groups is 1. The second-order valence-corrected chi connectivity index (χ2v) is 7.12. The van der Waals surface area contributed by atoms with Crippen molar-refractivity contribution in [3.05, 3.63) is 64.4 Å². The molecular formula is C22H24N4O2. The van der Waals surface area contributed by atoms with Crippen molar-refractivity contribution in [1.82, 2.24) is 9.78 Å². The molecule has 1 aliphatic heterocycles. The summed E-state index contributed by atoms with van der Waals surface area (Å²) in [5.74, 6) is 0.523. The molecule has 1 fully saturated rings. The van der Waals surface area contributed by atoms with Gasteiger partial charge in [0.1, 0.15) is 6.54 Å². The standard InChI is InChI=1S/C22H24N4O2/c1-2-16-9-11-17(12-10-16)23-20(27)15-26-22(28)19-8-4-3-7-18(19)21(24-26)25-13-5-6-14-25/h3-4,7-12H,2,5-6,13-15H2,1H3,(H,23,27). The number of hydrogen-bond acceptors (Lipinski definition) is 4. The van der Waals surface area contributed by atoms with Gasteiger partial charge in [0.15, 0.2) is 5.82 Å². The van der Waals surface area contributed by atoms with E-state index in [1.54, 1.807) is 6.07 Å². The van der Waals surface area contributed by atoms with Gasteiger partial charge in [0, 0.05) is 24.2 Å². The largest absolute Gasteiger partial charge is 0.355 e. The second kappa shape index (κ2) is 7.84. The van der Waals surface area contributed by atoms with Crippen molar-refractivity contribution in [3.8, 4) is 0 Å². The SMILES string of the molecule is CCc1ccc(NC(=O)Cn2nc(N3CCCC3)c3ccccc3c2=O)cc1. The first-order chi connectivity index (χ1) is 13.7. The van der Waals surface area contributed by atoms with Crippen molar-refractivity contribution < 1.29 is 4.79 Å². The molecule has 1 saturated heterocycles. The second-order valence-electron chi connectivity index (χ2n) is 7.12. The van der Waals surface area contributed by atoms with Crippen molar-refractivity contribution >= 4 is 28.2 Å². The molecule has 1 amide bonds. The van der Waals surface area contributed by atoms with E-state index in [4.69, 9.17) is 0 Å². The normalized spacial score (nSPS) is 13.8. The summed E-state index contributed by atoms with van der Waals surface area (Å²) in [7, 11) is 0. The van der Waals surface area contributed by atoms with Gasteiger partial charge in [-0.1, -0.05) is 37.3 Å². The van der Waals surface area contributed by atoms with Crippen LogP contribution in [0.15, 0.2) is 53.3 Å². The molecule has 144 valence electrons. The number of hydrogen-bond donors (Lipinski definition) is 1. The Balaban J connectivity index is 1.63. The van der Waals surface area contributed by atoms with E-state index in [9.17, 15) is 9.59 Å². The highest BCUT2D eigenvalue weighted by atomic mass is 16.2. The third-order valence-corrected chi connectivity index (χ3v) is 5.19. The molecule has 1 aliphatic rings. The van der Waals surface area contributed by atoms with Gasteiger partial charge >= 0.3 is 0 Å². The molecule has 0 aliphatic carbocycles. The number of rotatable bonds is 5. The zero-order valence-corrected chi connectivity index (χ0v) is 16.0. The average molecular weight is 376 g/mol. The Bertz CT molecular complexity index is 1050. The molecule has 3 aromatic rings. The molecular weight excluding hydrogens is 352 g/mol. The molecule has 0 unspecified atom stereocenters. The number of carbonyl (C=O) groups excluding carboxylic acids is 1. The Morgan fingerprint density at radius 3 is 2.39 bits per heavy atom. The minimum Gasteiger partial charge on any atom is -0.355 e. The fourth-order valence-corrected chi connectivity index (χ4v) is 3.65. The van der Waals surface area contributed by atoms with Crippen LogP contribution < -0.4 is 15.8 Å². The summed E-state index contributed by atoms with van der Waals surface area (Å²) in [5, 5.41) is 8.86. The highest BCUT2D eigenvalue weighted by Gasteiger charge is 2.20. The van der Waals surface area contributed by atoms with E-state index in [0.717, 1.165) is 49.2 Å². The Labute approximate surface area is 163 Å². The summed E-state index contributed by atoms with van der Waals surface area (Å²) in [6.45, 7) is 3.82. The van der Waals surface area contributed by atoms with Crippen molar-refractivity contribution in [3.63, 3.8) is 0 Å². The van der Waals surface area contributed by atoms with E-state index < -0.39 is 0 Å². The van der Waals surface area contributed by atoms with Crippen LogP contribution in [-0.2, 0) is 17.8 Å². The molecule has 1 aromatic heterocycles. The first kappa shape index (κ1) is 18.2. The van der Waals surface area contributed by atoms with E-state index in [1.807, 2.05) is 42.5 Å². The molecule has 2 heterocycles. The molecule has 0 saturated carbocycles. The fraction of sp³-hybridized carbons (Fsp3) is 0.318. The maximum Gasteiger partial charge on any atom is 0.275 e. The van der Waals surface area contributed by atoms with E-state index in [-0.39, 0.29) is 18.0 Å². The van der Waals surface area contributed by atoms with Gasteiger partial charge in [-0.05, 0) is 43.0 Å². The zero-order chi connectivity index (χ0) is 19.5. The summed E-state index contributed by atoms with van der Waals surface area (Å²) in [6, 6.07) is 15.2. The van der Waals surface area contributed by atoms with Crippen LogP contribution in [0.3, 0.4) is 0 Å². The van der Waals surface area contributed by atoms with Gasteiger partial charge in [0.05, 0.1) is 5.39 Å². The third-order valence-electron chi connectivity index (χ3n) is 5.19. The molecule has 0 spiro atoms. The Hall–Kier alpha value is -3.15. The van der Waals surface area contributed by atoms with Gasteiger partial charge in [-0.25, -0.2) is 4.68 Å². The molecule has 2 aromatic carbocycles. The van der Waals surface area contributed by atoms with Crippen LogP contribution in [0.25, 0.3) is 10.8 Å². The van der Waals surface area contributed by atoms with Crippen LogP contribution in [0, 0.1) is 0 Å². The molecule has 4 rings (SSSR count). The fourth-order valence-electron chi connectivity index (χ4n) is 3.65. The van der Waals surface area contributed by atoms with Crippen LogP contribution in [-0.4, -0.2) is 28.8 Å². The van der Waals surface area contributed by atoms with Crippen LogP contribution in [0.4, 0.5) is 11.5 Å². The monoisotopic (exact) mass is 376 g/mol. The maximum atomic E-state index is 12.9. The number of aromatic nitrogens is 2. The lowest BCUT2D eigenvalue weighted by molar-refractivity contribution is -0.117. The predicted molar refractivity (Wildman–Crippen MR) is 112 cm³/mol. The summed E-state index contributed by atoms with van der Waals surface area (Å²) < 4.78 is 1.28. The lowest BCUT2D eigenvalue weighted by atomic mass is 10.1. The number of anilines is 2. The Kier molecular flexibility index (Phi) is 5.10. The number of nitrogens with zero attached hydrogens (tertiary/aromatic N) is 3. The van der Waals surface area contributed by atoms with E-state index >= 15 is 0 Å². The molecule has 6 nitrogen and oxygen atoms in total. The number of fused-ring (bicyclic) bond motifs is 1. The molecule has 28 heavy (non-hydrogen) atoms. The van der Waals surface area contributed by atoms with Gasteiger partial charge < -0.3 is 10.2 Å². The van der Waals surface area contributed by atoms with Crippen LogP contribution in [0.5, 0.6) is 0 Å². The lowest BCUT2D eigenvalue weighted by Gasteiger charge is -2.19. The average Bonchev–Trinajstić information content (AvgIpc) is 3.25. The smallest absolute Gasteiger partial charge is 0.275 e. The highest BCUT2D eigenvalue weighted by Crippen LogP contribution is 2.25. The van der Waals surface area contributed by atoms with E-state index in [0.29, 0.717) is 5.39 Å². The van der Waals surface area contributed by atoms with Crippen molar-refractivity contribution in [2.75, 3.05) is 23.3 Å². The van der Waals surface area contributed by atoms with Crippen molar-refractivity contribution in [2.24, 2.45) is 0 Å². The molecule has 0 radical (unpaired) electrons. The Morgan fingerprint density at radius 2 is 1.71 bits per heavy atom. The van der Waals surface area contributed by atoms with Gasteiger partial charge in [0.25, 0.3) is 5.56 Å². The van der Waals surface area contributed by atoms with Crippen LogP contribution >= 0.6 is 0 Å². The van der Waals surface area contributed by atoms with E-state index in [1.165, 1.54) is 10.2 Å². The van der Waals surface area contributed by atoms with E-state index in [2.05, 4.69) is 22.2 Å². The van der Waals surface area contributed by atoms with Crippen molar-refractivity contribution in [1.29, 1.82) is 0 Å². The summed E-state index contributed by atoms with van der Waals surface area (Å²) in [5.41, 5.74) is 1.69. The number of amides is 1. The first-order valence-electron chi connectivity index (χ1n) is 9.79. The first-order valence-corrected chi connectivity index (χ1v) is 9.79. The molecule has 1 N–H and O–H groups in total. The van der Waals surface area contributed by atoms with Gasteiger partial charge in [0.2, 0.25) is 5.91 Å². The number of aryl methyl sites for hydroxylation is 1. The Morgan fingerprint density at radius 1 is 1.04 bits per heavy atom. The highest BCUT2D eigenvalue weighted by molar-refractivity contribution is 5.93. The maximum absolute atomic E-state index is 12.9. The number of benzene rings is 2. The predicted octanol–water partition coefficient (Wildman–Crippen LogP) is 3.20. The lowest BCUT2D eigenvalue weighted by Crippen LogP contribution is -2.32. The topological polar surface area (TPSA) is 67.2 Å². The van der Waals surface area contributed by atoms with Gasteiger partial charge in [-0.2, -0.15) is 5.10 Å². The zero-order valence-electron chi connectivity index (χ0n) is 16.0. The number of nitrogens with one attached hydrogen (secondary N) is 1. The molecule has 6 heteroatoms. The quantitative estimate of drug-likeness (QED) is 0.743. The summed E-state index contributed by atoms with van der Waals surface area (Å²) in [4.78, 5) is 27.6. The third kappa shape index (κ3) is 3.63. The summed E-state index contributed by atoms with van der Waals surface area (Å²) in [6.07, 6.45) is 3.18.